The van der Waals surface area contributed by atoms with Crippen molar-refractivity contribution in [1.29, 1.82) is 0 Å². The number of aromatic hydroxyl groups is 1. The Morgan fingerprint density at radius 3 is 2.62 bits per heavy atom. The van der Waals surface area contributed by atoms with Crippen molar-refractivity contribution in [2.45, 2.75) is 18.9 Å². The van der Waals surface area contributed by atoms with Gasteiger partial charge in [0, 0.05) is 11.6 Å². The maximum absolute atomic E-state index is 9.88. The summed E-state index contributed by atoms with van der Waals surface area (Å²) in [5, 5.41) is 9.88. The van der Waals surface area contributed by atoms with Crippen molar-refractivity contribution < 1.29 is 9.84 Å². The average Bonchev–Trinajstić information content (AvgIpc) is 3.04. The number of benzene rings is 1. The van der Waals surface area contributed by atoms with Crippen LogP contribution in [0.4, 0.5) is 0 Å². The SMILES string of the molecule is COc1cc(Br)c(O)c([C@H](N)C2CC2)c1.Cl. The molecule has 1 aliphatic rings. The summed E-state index contributed by atoms with van der Waals surface area (Å²) in [5.41, 5.74) is 6.82. The number of rotatable bonds is 3. The molecule has 0 radical (unpaired) electrons. The second-order valence-corrected chi connectivity index (χ2v) is 4.76. The first-order valence-electron chi connectivity index (χ1n) is 4.95. The standard InChI is InChI=1S/C11H14BrNO2.ClH/c1-15-7-4-8(10(13)6-2-3-6)11(14)9(12)5-7;/h4-6,10,14H,2-3,13H2,1H3;1H/t10-;/m1./s1. The summed E-state index contributed by atoms with van der Waals surface area (Å²) in [6, 6.07) is 3.46. The molecule has 0 saturated heterocycles. The molecular weight excluding hydrogens is 293 g/mol. The molecule has 5 heteroatoms. The van der Waals surface area contributed by atoms with E-state index in [1.807, 2.05) is 6.07 Å². The number of phenolic OH excluding ortho intramolecular Hbond substituents is 1. The summed E-state index contributed by atoms with van der Waals surface area (Å²) in [7, 11) is 1.60. The molecule has 1 aromatic rings. The zero-order chi connectivity index (χ0) is 11.0. The third-order valence-electron chi connectivity index (χ3n) is 2.79. The maximum Gasteiger partial charge on any atom is 0.134 e. The Balaban J connectivity index is 0.00000128. The van der Waals surface area contributed by atoms with E-state index in [-0.39, 0.29) is 24.2 Å². The minimum atomic E-state index is -0.0867. The lowest BCUT2D eigenvalue weighted by molar-refractivity contribution is 0.407. The van der Waals surface area contributed by atoms with Crippen molar-refractivity contribution >= 4 is 28.3 Å². The van der Waals surface area contributed by atoms with Gasteiger partial charge < -0.3 is 15.6 Å². The van der Waals surface area contributed by atoms with E-state index in [0.29, 0.717) is 16.1 Å². The van der Waals surface area contributed by atoms with Gasteiger partial charge in [-0.25, -0.2) is 0 Å². The molecule has 1 atom stereocenters. The second-order valence-electron chi connectivity index (χ2n) is 3.91. The summed E-state index contributed by atoms with van der Waals surface area (Å²) in [5.74, 6) is 1.45. The molecule has 90 valence electrons. The van der Waals surface area contributed by atoms with Crippen LogP contribution >= 0.6 is 28.3 Å². The van der Waals surface area contributed by atoms with Crippen LogP contribution in [0.3, 0.4) is 0 Å². The van der Waals surface area contributed by atoms with E-state index >= 15 is 0 Å². The van der Waals surface area contributed by atoms with Crippen LogP contribution < -0.4 is 10.5 Å². The predicted octanol–water partition coefficient (Wildman–Crippen LogP) is 2.99. The summed E-state index contributed by atoms with van der Waals surface area (Å²) in [6.45, 7) is 0. The number of nitrogens with two attached hydrogens (primary N) is 1. The molecule has 0 heterocycles. The van der Waals surface area contributed by atoms with Crippen molar-refractivity contribution in [3.8, 4) is 11.5 Å². The molecule has 1 aromatic carbocycles. The molecule has 0 spiro atoms. The molecule has 1 aliphatic carbocycles. The highest BCUT2D eigenvalue weighted by Crippen LogP contribution is 2.44. The molecule has 3 nitrogen and oxygen atoms in total. The van der Waals surface area contributed by atoms with Crippen LogP contribution in [0, 0.1) is 5.92 Å². The number of methoxy groups -OCH3 is 1. The van der Waals surface area contributed by atoms with Crippen LogP contribution in [0.5, 0.6) is 11.5 Å². The van der Waals surface area contributed by atoms with E-state index in [1.165, 1.54) is 0 Å². The lowest BCUT2D eigenvalue weighted by Gasteiger charge is -2.15. The Bertz CT molecular complexity index is 382. The lowest BCUT2D eigenvalue weighted by atomic mass is 10.0. The average molecular weight is 309 g/mol. The van der Waals surface area contributed by atoms with Gasteiger partial charge in [-0.3, -0.25) is 0 Å². The van der Waals surface area contributed by atoms with E-state index in [2.05, 4.69) is 15.9 Å². The van der Waals surface area contributed by atoms with E-state index in [1.54, 1.807) is 13.2 Å². The Kier molecular flexibility index (Phi) is 4.47. The van der Waals surface area contributed by atoms with E-state index in [9.17, 15) is 5.11 Å². The monoisotopic (exact) mass is 307 g/mol. The third-order valence-corrected chi connectivity index (χ3v) is 3.40. The molecule has 0 aliphatic heterocycles. The summed E-state index contributed by atoms with van der Waals surface area (Å²) >= 11 is 3.29. The van der Waals surface area contributed by atoms with Gasteiger partial charge >= 0.3 is 0 Å². The Labute approximate surface area is 110 Å². The zero-order valence-electron chi connectivity index (χ0n) is 8.94. The highest BCUT2D eigenvalue weighted by atomic mass is 79.9. The smallest absolute Gasteiger partial charge is 0.134 e. The van der Waals surface area contributed by atoms with Crippen molar-refractivity contribution in [2.75, 3.05) is 7.11 Å². The Morgan fingerprint density at radius 2 is 2.12 bits per heavy atom. The number of ether oxygens (including phenoxy) is 1. The number of hydrogen-bond acceptors (Lipinski definition) is 3. The number of hydrogen-bond donors (Lipinski definition) is 2. The maximum atomic E-state index is 9.88. The normalized spacial score (nSPS) is 16.4. The third kappa shape index (κ3) is 2.62. The molecule has 1 saturated carbocycles. The second kappa shape index (κ2) is 5.25. The highest BCUT2D eigenvalue weighted by molar-refractivity contribution is 9.10. The molecule has 0 unspecified atom stereocenters. The van der Waals surface area contributed by atoms with Gasteiger partial charge in [-0.05, 0) is 46.8 Å². The van der Waals surface area contributed by atoms with Crippen molar-refractivity contribution in [3.63, 3.8) is 0 Å². The van der Waals surface area contributed by atoms with Gasteiger partial charge in [0.15, 0.2) is 0 Å². The van der Waals surface area contributed by atoms with Gasteiger partial charge in [0.05, 0.1) is 11.6 Å². The minimum Gasteiger partial charge on any atom is -0.506 e. The first-order valence-corrected chi connectivity index (χ1v) is 5.74. The zero-order valence-corrected chi connectivity index (χ0v) is 11.3. The van der Waals surface area contributed by atoms with Crippen LogP contribution in [0.1, 0.15) is 24.4 Å². The molecule has 1 fully saturated rings. The fourth-order valence-corrected chi connectivity index (χ4v) is 2.13. The molecule has 0 amide bonds. The topological polar surface area (TPSA) is 55.5 Å². The van der Waals surface area contributed by atoms with Crippen molar-refractivity contribution in [2.24, 2.45) is 11.7 Å². The quantitative estimate of drug-likeness (QED) is 0.902. The van der Waals surface area contributed by atoms with Crippen LogP contribution in [0.15, 0.2) is 16.6 Å². The Hall–Kier alpha value is -0.450. The van der Waals surface area contributed by atoms with Crippen LogP contribution in [0.2, 0.25) is 0 Å². The lowest BCUT2D eigenvalue weighted by Crippen LogP contribution is -2.12. The predicted molar refractivity (Wildman–Crippen MR) is 69.3 cm³/mol. The first kappa shape index (κ1) is 13.6. The molecule has 16 heavy (non-hydrogen) atoms. The summed E-state index contributed by atoms with van der Waals surface area (Å²) < 4.78 is 5.78. The van der Waals surface area contributed by atoms with Gasteiger partial charge in [-0.1, -0.05) is 0 Å². The molecule has 0 aromatic heterocycles. The van der Waals surface area contributed by atoms with Crippen LogP contribution in [-0.4, -0.2) is 12.2 Å². The van der Waals surface area contributed by atoms with E-state index in [4.69, 9.17) is 10.5 Å². The molecule has 3 N–H and O–H groups in total. The highest BCUT2D eigenvalue weighted by Gasteiger charge is 2.31. The largest absolute Gasteiger partial charge is 0.506 e. The Morgan fingerprint density at radius 1 is 1.50 bits per heavy atom. The van der Waals surface area contributed by atoms with Crippen molar-refractivity contribution in [1.82, 2.24) is 0 Å². The molecular formula is C11H15BrClNO2. The number of halogens is 2. The van der Waals surface area contributed by atoms with Gasteiger partial charge in [0.25, 0.3) is 0 Å². The number of phenols is 1. The van der Waals surface area contributed by atoms with Crippen LogP contribution in [0.25, 0.3) is 0 Å². The van der Waals surface area contributed by atoms with Gasteiger partial charge in [0.2, 0.25) is 0 Å². The summed E-state index contributed by atoms with van der Waals surface area (Å²) in [6.07, 6.45) is 2.30. The van der Waals surface area contributed by atoms with Gasteiger partial charge in [-0.2, -0.15) is 0 Å². The van der Waals surface area contributed by atoms with E-state index < -0.39 is 0 Å². The van der Waals surface area contributed by atoms with Gasteiger partial charge in [0.1, 0.15) is 11.5 Å². The fraction of sp³-hybridized carbons (Fsp3) is 0.455. The van der Waals surface area contributed by atoms with E-state index in [0.717, 1.165) is 18.4 Å². The van der Waals surface area contributed by atoms with Gasteiger partial charge in [-0.15, -0.1) is 12.4 Å². The first-order chi connectivity index (χ1) is 7.13. The summed E-state index contributed by atoms with van der Waals surface area (Å²) in [4.78, 5) is 0. The molecule has 0 bridgehead atoms. The minimum absolute atomic E-state index is 0. The fourth-order valence-electron chi connectivity index (χ4n) is 1.68. The van der Waals surface area contributed by atoms with Crippen molar-refractivity contribution in [3.05, 3.63) is 22.2 Å². The van der Waals surface area contributed by atoms with Crippen LogP contribution in [-0.2, 0) is 0 Å². The molecule has 2 rings (SSSR count).